The molecule has 0 radical (unpaired) electrons. The second kappa shape index (κ2) is 6.13. The second-order valence-electron chi connectivity index (χ2n) is 5.53. The highest BCUT2D eigenvalue weighted by molar-refractivity contribution is 7.88. The molecule has 2 N–H and O–H groups in total. The maximum absolute atomic E-state index is 12.2. The molecule has 116 valence electrons. The van der Waals surface area contributed by atoms with E-state index in [1.165, 1.54) is 35.6 Å². The lowest BCUT2D eigenvalue weighted by molar-refractivity contribution is 0.0367. The van der Waals surface area contributed by atoms with Crippen LogP contribution in [-0.2, 0) is 15.8 Å². The van der Waals surface area contributed by atoms with Gasteiger partial charge in [-0.05, 0) is 36.5 Å². The fraction of sp³-hybridized carbons (Fsp3) is 0.500. The summed E-state index contributed by atoms with van der Waals surface area (Å²) in [7, 11) is -1.90. The number of carbonyl (C=O) groups is 1. The van der Waals surface area contributed by atoms with E-state index in [0.29, 0.717) is 24.9 Å². The lowest BCUT2D eigenvalue weighted by atomic mass is 9.82. The zero-order valence-electron chi connectivity index (χ0n) is 11.8. The number of benzene rings is 1. The Kier molecular flexibility index (Phi) is 4.65. The largest absolute Gasteiger partial charge is 0.478 e. The van der Waals surface area contributed by atoms with Crippen LogP contribution >= 0.6 is 0 Å². The summed E-state index contributed by atoms with van der Waals surface area (Å²) in [6.07, 6.45) is 0.995. The molecule has 1 saturated carbocycles. The number of carboxylic acid groups (broad SMARTS) is 1. The molecular weight excluding hydrogens is 294 g/mol. The molecule has 0 heterocycles. The quantitative estimate of drug-likeness (QED) is 0.814. The summed E-state index contributed by atoms with van der Waals surface area (Å²) in [6, 6.07) is 5.83. The van der Waals surface area contributed by atoms with Crippen molar-refractivity contribution in [3.63, 3.8) is 0 Å². The Morgan fingerprint density at radius 1 is 1.29 bits per heavy atom. The van der Waals surface area contributed by atoms with Crippen molar-refractivity contribution in [2.45, 2.75) is 24.7 Å². The Labute approximate surface area is 124 Å². The minimum atomic E-state index is -3.43. The van der Waals surface area contributed by atoms with E-state index in [0.717, 1.165) is 0 Å². The Hall–Kier alpha value is -1.44. The minimum Gasteiger partial charge on any atom is -0.478 e. The summed E-state index contributed by atoms with van der Waals surface area (Å²) in [5.74, 6) is -0.974. The Morgan fingerprint density at radius 3 is 2.33 bits per heavy atom. The van der Waals surface area contributed by atoms with Gasteiger partial charge in [-0.2, -0.15) is 0 Å². The number of nitrogens with zero attached hydrogens (tertiary/aromatic N) is 1. The molecule has 0 bridgehead atoms. The zero-order valence-corrected chi connectivity index (χ0v) is 12.6. The van der Waals surface area contributed by atoms with E-state index in [2.05, 4.69) is 0 Å². The van der Waals surface area contributed by atoms with Gasteiger partial charge in [-0.25, -0.2) is 17.5 Å². The molecule has 0 atom stereocenters. The average molecular weight is 313 g/mol. The lowest BCUT2D eigenvalue weighted by Gasteiger charge is -2.34. The number of aliphatic hydroxyl groups is 1. The van der Waals surface area contributed by atoms with Gasteiger partial charge in [-0.15, -0.1) is 0 Å². The fourth-order valence-corrected chi connectivity index (χ4v) is 3.66. The molecule has 2 rings (SSSR count). The smallest absolute Gasteiger partial charge is 0.335 e. The minimum absolute atomic E-state index is 0.132. The zero-order chi connectivity index (χ0) is 15.6. The van der Waals surface area contributed by atoms with Crippen molar-refractivity contribution in [2.24, 2.45) is 5.92 Å². The van der Waals surface area contributed by atoms with E-state index in [9.17, 15) is 18.3 Å². The van der Waals surface area contributed by atoms with Crippen LogP contribution in [0.1, 0.15) is 28.8 Å². The van der Waals surface area contributed by atoms with Crippen LogP contribution in [0.4, 0.5) is 0 Å². The molecule has 7 heteroatoms. The van der Waals surface area contributed by atoms with Gasteiger partial charge in [0.15, 0.2) is 0 Å². The van der Waals surface area contributed by atoms with Gasteiger partial charge in [-0.3, -0.25) is 0 Å². The average Bonchev–Trinajstić information content (AvgIpc) is 2.37. The van der Waals surface area contributed by atoms with Gasteiger partial charge in [0.2, 0.25) is 10.0 Å². The predicted octanol–water partition coefficient (Wildman–Crippen LogP) is 0.917. The Morgan fingerprint density at radius 2 is 1.86 bits per heavy atom. The summed E-state index contributed by atoms with van der Waals surface area (Å²) in [6.45, 7) is 0.409. The van der Waals surface area contributed by atoms with Gasteiger partial charge in [0.05, 0.1) is 17.4 Å². The molecule has 0 amide bonds. The van der Waals surface area contributed by atoms with Crippen LogP contribution in [0.3, 0.4) is 0 Å². The van der Waals surface area contributed by atoms with Crippen LogP contribution in [0, 0.1) is 5.92 Å². The highest BCUT2D eigenvalue weighted by atomic mass is 32.2. The standard InChI is InChI=1S/C14H19NO5S/c1-15(8-11-6-13(16)7-11)21(19,20)9-10-2-4-12(5-3-10)14(17)18/h2-5,11,13,16H,6-9H2,1H3,(H,17,18). The van der Waals surface area contributed by atoms with E-state index >= 15 is 0 Å². The molecule has 21 heavy (non-hydrogen) atoms. The summed E-state index contributed by atoms with van der Waals surface area (Å²) < 4.78 is 25.8. The van der Waals surface area contributed by atoms with E-state index in [-0.39, 0.29) is 23.3 Å². The molecule has 0 aromatic heterocycles. The second-order valence-corrected chi connectivity index (χ2v) is 7.61. The van der Waals surface area contributed by atoms with E-state index in [4.69, 9.17) is 5.11 Å². The molecule has 0 unspecified atom stereocenters. The number of aliphatic hydroxyl groups excluding tert-OH is 1. The first-order valence-corrected chi connectivity index (χ1v) is 8.33. The van der Waals surface area contributed by atoms with Crippen molar-refractivity contribution in [2.75, 3.05) is 13.6 Å². The third kappa shape index (κ3) is 4.03. The van der Waals surface area contributed by atoms with Gasteiger partial charge in [0, 0.05) is 13.6 Å². The van der Waals surface area contributed by atoms with Crippen molar-refractivity contribution in [3.8, 4) is 0 Å². The third-order valence-electron chi connectivity index (χ3n) is 3.75. The van der Waals surface area contributed by atoms with Crippen LogP contribution in [-0.4, -0.2) is 48.6 Å². The molecule has 0 saturated heterocycles. The number of hydrogen-bond acceptors (Lipinski definition) is 4. The summed E-state index contributed by atoms with van der Waals surface area (Å²) in [4.78, 5) is 10.7. The van der Waals surface area contributed by atoms with Gasteiger partial charge in [0.1, 0.15) is 0 Å². The molecule has 6 nitrogen and oxygen atoms in total. The van der Waals surface area contributed by atoms with Gasteiger partial charge in [-0.1, -0.05) is 12.1 Å². The van der Waals surface area contributed by atoms with Crippen molar-refractivity contribution in [3.05, 3.63) is 35.4 Å². The SMILES string of the molecule is CN(CC1CC(O)C1)S(=O)(=O)Cc1ccc(C(=O)O)cc1. The summed E-state index contributed by atoms with van der Waals surface area (Å²) >= 11 is 0. The topological polar surface area (TPSA) is 94.9 Å². The van der Waals surface area contributed by atoms with Crippen molar-refractivity contribution in [1.29, 1.82) is 0 Å². The lowest BCUT2D eigenvalue weighted by Crippen LogP contribution is -2.39. The van der Waals surface area contributed by atoms with Gasteiger partial charge in [0.25, 0.3) is 0 Å². The van der Waals surface area contributed by atoms with Crippen LogP contribution in [0.5, 0.6) is 0 Å². The number of carboxylic acids is 1. The van der Waals surface area contributed by atoms with Crippen LogP contribution in [0.2, 0.25) is 0 Å². The number of aromatic carboxylic acids is 1. The van der Waals surface area contributed by atoms with Crippen molar-refractivity contribution >= 4 is 16.0 Å². The number of sulfonamides is 1. The monoisotopic (exact) mass is 313 g/mol. The van der Waals surface area contributed by atoms with E-state index in [1.54, 1.807) is 0 Å². The van der Waals surface area contributed by atoms with Crippen LogP contribution in [0.15, 0.2) is 24.3 Å². The summed E-state index contributed by atoms with van der Waals surface area (Å²) in [5.41, 5.74) is 0.688. The molecule has 1 aliphatic carbocycles. The summed E-state index contributed by atoms with van der Waals surface area (Å²) in [5, 5.41) is 18.0. The molecule has 1 aromatic rings. The van der Waals surface area contributed by atoms with Gasteiger partial charge < -0.3 is 10.2 Å². The first kappa shape index (κ1) is 15.9. The highest BCUT2D eigenvalue weighted by Crippen LogP contribution is 2.28. The van der Waals surface area contributed by atoms with Crippen LogP contribution in [0.25, 0.3) is 0 Å². The number of rotatable bonds is 6. The molecule has 1 aliphatic rings. The van der Waals surface area contributed by atoms with Gasteiger partial charge >= 0.3 is 5.97 Å². The van der Waals surface area contributed by atoms with Crippen molar-refractivity contribution < 1.29 is 23.4 Å². The maximum atomic E-state index is 12.2. The molecule has 0 aliphatic heterocycles. The molecule has 0 spiro atoms. The maximum Gasteiger partial charge on any atom is 0.335 e. The number of hydrogen-bond donors (Lipinski definition) is 2. The molecule has 1 fully saturated rings. The van der Waals surface area contributed by atoms with Crippen LogP contribution < -0.4 is 0 Å². The fourth-order valence-electron chi connectivity index (χ4n) is 2.39. The van der Waals surface area contributed by atoms with E-state index < -0.39 is 16.0 Å². The first-order valence-electron chi connectivity index (χ1n) is 6.72. The normalized spacial score (nSPS) is 22.0. The predicted molar refractivity (Wildman–Crippen MR) is 77.4 cm³/mol. The van der Waals surface area contributed by atoms with E-state index in [1.807, 2.05) is 0 Å². The Balaban J connectivity index is 1.97. The van der Waals surface area contributed by atoms with Crippen molar-refractivity contribution in [1.82, 2.24) is 4.31 Å². The first-order chi connectivity index (χ1) is 9.78. The molecular formula is C14H19NO5S. The third-order valence-corrected chi connectivity index (χ3v) is 5.55. The Bertz CT molecular complexity index is 605. The highest BCUT2D eigenvalue weighted by Gasteiger charge is 2.31. The molecule has 1 aromatic carbocycles.